The fourth-order valence-corrected chi connectivity index (χ4v) is 0.686. The Morgan fingerprint density at radius 1 is 1.04 bits per heavy atom. The van der Waals surface area contributed by atoms with Crippen molar-refractivity contribution < 1.29 is 62.9 Å². The number of hydrogen-bond acceptors (Lipinski definition) is 3. The topological polar surface area (TPSA) is 46.5 Å². The summed E-state index contributed by atoms with van der Waals surface area (Å²) in [5, 5.41) is 7.98. The van der Waals surface area contributed by atoms with E-state index in [0.717, 1.165) is 6.92 Å². The van der Waals surface area contributed by atoms with Crippen LogP contribution >= 0.6 is 0 Å². The molecule has 0 radical (unpaired) electrons. The molecule has 0 aliphatic rings. The van der Waals surface area contributed by atoms with Gasteiger partial charge in [0.2, 0.25) is 11.3 Å². The molecule has 3 atom stereocenters. The van der Waals surface area contributed by atoms with Crippen LogP contribution in [0.1, 0.15) is 20.3 Å². The third-order valence-corrected chi connectivity index (χ3v) is 2.61. The zero-order valence-electron chi connectivity index (χ0n) is 12.5. The molecule has 3 unspecified atom stereocenters. The highest BCUT2D eigenvalue weighted by Gasteiger charge is 2.60. The smallest absolute Gasteiger partial charge is 0.419 e. The lowest BCUT2D eigenvalue weighted by atomic mass is 10.1. The molecule has 0 aromatic heterocycles. The Morgan fingerprint density at radius 2 is 1.44 bits per heavy atom. The van der Waals surface area contributed by atoms with Crippen LogP contribution in [0.25, 0.3) is 0 Å². The number of hydrogen-bond donors (Lipinski definition) is 1. The SMILES string of the molecule is CCC(C)(F)C(=O)OC(F)C(F)(F)F.OC(CF)(C(F)F)C(F)(F)F. The Bertz CT molecular complexity index is 418. The minimum absolute atomic E-state index is 0.392. The van der Waals surface area contributed by atoms with Crippen LogP contribution in [-0.4, -0.2) is 54.2 Å². The van der Waals surface area contributed by atoms with Gasteiger partial charge in [-0.25, -0.2) is 22.4 Å². The lowest BCUT2D eigenvalue weighted by Crippen LogP contribution is -2.53. The van der Waals surface area contributed by atoms with Crippen LogP contribution < -0.4 is 0 Å². The van der Waals surface area contributed by atoms with E-state index < -0.39 is 55.5 Å². The van der Waals surface area contributed by atoms with Crippen LogP contribution in [0.4, 0.5) is 48.3 Å². The van der Waals surface area contributed by atoms with Crippen molar-refractivity contribution in [2.24, 2.45) is 0 Å². The first-order chi connectivity index (χ1) is 10.9. The summed E-state index contributed by atoms with van der Waals surface area (Å²) in [6.45, 7) is -0.602. The van der Waals surface area contributed by atoms with Gasteiger partial charge in [-0.15, -0.1) is 0 Å². The molecule has 1 N–H and O–H groups in total. The molecule has 0 aliphatic carbocycles. The van der Waals surface area contributed by atoms with E-state index >= 15 is 0 Å². The van der Waals surface area contributed by atoms with Crippen molar-refractivity contribution in [1.82, 2.24) is 0 Å². The first kappa shape index (κ1) is 25.9. The number of ether oxygens (including phenoxy) is 1. The summed E-state index contributed by atoms with van der Waals surface area (Å²) in [7, 11) is 0. The maximum Gasteiger partial charge on any atom is 0.457 e. The molecular weight excluding hydrogens is 389 g/mol. The third kappa shape index (κ3) is 7.61. The second kappa shape index (κ2) is 8.85. The van der Waals surface area contributed by atoms with Gasteiger partial charge in [-0.05, 0) is 13.3 Å². The van der Waals surface area contributed by atoms with Gasteiger partial charge in [0.15, 0.2) is 0 Å². The quantitative estimate of drug-likeness (QED) is 0.558. The highest BCUT2D eigenvalue weighted by molar-refractivity contribution is 5.78. The fraction of sp³-hybridized carbons (Fsp3) is 0.909. The van der Waals surface area contributed by atoms with E-state index in [2.05, 4.69) is 4.74 Å². The summed E-state index contributed by atoms with van der Waals surface area (Å²) in [5.74, 6) is -1.86. The van der Waals surface area contributed by atoms with Gasteiger partial charge >= 0.3 is 24.7 Å². The normalized spacial score (nSPS) is 18.5. The van der Waals surface area contributed by atoms with Gasteiger partial charge in [0, 0.05) is 0 Å². The molecule has 0 aromatic carbocycles. The minimum Gasteiger partial charge on any atom is -0.419 e. The molecule has 14 heteroatoms. The summed E-state index contributed by atoms with van der Waals surface area (Å²) >= 11 is 0. The predicted molar refractivity (Wildman–Crippen MR) is 59.8 cm³/mol. The predicted octanol–water partition coefficient (Wildman–Crippen LogP) is 4.04. The molecule has 0 fully saturated rings. The third-order valence-electron chi connectivity index (χ3n) is 2.61. The number of esters is 1. The van der Waals surface area contributed by atoms with Gasteiger partial charge in [0.1, 0.15) is 6.67 Å². The summed E-state index contributed by atoms with van der Waals surface area (Å²) in [5.41, 5.74) is -7.12. The largest absolute Gasteiger partial charge is 0.457 e. The van der Waals surface area contributed by atoms with Crippen LogP contribution in [0.2, 0.25) is 0 Å². The summed E-state index contributed by atoms with van der Waals surface area (Å²) in [4.78, 5) is 10.6. The highest BCUT2D eigenvalue weighted by Crippen LogP contribution is 2.35. The van der Waals surface area contributed by atoms with E-state index in [1.54, 1.807) is 0 Å². The molecule has 25 heavy (non-hydrogen) atoms. The molecule has 3 nitrogen and oxygen atoms in total. The van der Waals surface area contributed by atoms with Gasteiger partial charge in [-0.2, -0.15) is 30.7 Å². The van der Waals surface area contributed by atoms with Crippen molar-refractivity contribution in [3.05, 3.63) is 0 Å². The second-order valence-corrected chi connectivity index (χ2v) is 4.67. The second-order valence-electron chi connectivity index (χ2n) is 4.67. The van der Waals surface area contributed by atoms with Gasteiger partial charge < -0.3 is 9.84 Å². The maximum absolute atomic E-state index is 13.0. The van der Waals surface area contributed by atoms with E-state index in [4.69, 9.17) is 5.11 Å². The average Bonchev–Trinajstić information content (AvgIpc) is 2.44. The molecule has 0 heterocycles. The first-order valence-corrected chi connectivity index (χ1v) is 6.10. The van der Waals surface area contributed by atoms with E-state index in [0.29, 0.717) is 0 Å². The van der Waals surface area contributed by atoms with Crippen LogP contribution in [0, 0.1) is 0 Å². The van der Waals surface area contributed by atoms with Crippen molar-refractivity contribution in [3.8, 4) is 0 Å². The molecule has 0 rings (SSSR count). The summed E-state index contributed by atoms with van der Waals surface area (Å²) in [6, 6.07) is 0. The van der Waals surface area contributed by atoms with Crippen LogP contribution in [0.3, 0.4) is 0 Å². The van der Waals surface area contributed by atoms with Crippen LogP contribution in [-0.2, 0) is 9.53 Å². The Hall–Kier alpha value is -1.34. The molecule has 0 amide bonds. The average molecular weight is 402 g/mol. The molecule has 0 saturated carbocycles. The standard InChI is InChI=1S/C7H9F5O2.C4H4F6O/c1-3-6(2,9)5(13)14-4(8)7(10,11)12;5-1-3(11,2(6)7)4(8,9)10/h4H,3H2,1-2H3;2,11H,1H2. The minimum atomic E-state index is -5.64. The molecule has 152 valence electrons. The molecular formula is C11H13F11O3. The Labute approximate surface area is 133 Å². The Kier molecular flexibility index (Phi) is 9.17. The van der Waals surface area contributed by atoms with Crippen molar-refractivity contribution in [1.29, 1.82) is 0 Å². The van der Waals surface area contributed by atoms with E-state index in [-0.39, 0.29) is 0 Å². The van der Waals surface area contributed by atoms with Crippen LogP contribution in [0.5, 0.6) is 0 Å². The van der Waals surface area contributed by atoms with Gasteiger partial charge in [-0.1, -0.05) is 6.92 Å². The zero-order chi connectivity index (χ0) is 20.9. The highest BCUT2D eigenvalue weighted by atomic mass is 19.4. The number of carbonyl (C=O) groups excluding carboxylic acids is 1. The number of alkyl halides is 11. The Morgan fingerprint density at radius 3 is 1.60 bits per heavy atom. The van der Waals surface area contributed by atoms with E-state index in [9.17, 15) is 53.1 Å². The van der Waals surface area contributed by atoms with Gasteiger partial charge in [0.05, 0.1) is 0 Å². The molecule has 0 aliphatic heterocycles. The van der Waals surface area contributed by atoms with Crippen molar-refractivity contribution in [2.45, 2.75) is 56.7 Å². The number of halogens is 11. The van der Waals surface area contributed by atoms with Gasteiger partial charge in [0.25, 0.3) is 6.43 Å². The first-order valence-electron chi connectivity index (χ1n) is 6.10. The van der Waals surface area contributed by atoms with Gasteiger partial charge in [-0.3, -0.25) is 0 Å². The lowest BCUT2D eigenvalue weighted by molar-refractivity contribution is -0.301. The molecule has 0 spiro atoms. The summed E-state index contributed by atoms with van der Waals surface area (Å²) < 4.78 is 131. The molecule has 0 aromatic rings. The van der Waals surface area contributed by atoms with Crippen molar-refractivity contribution in [2.75, 3.05) is 6.67 Å². The maximum atomic E-state index is 13.0. The molecule has 0 saturated heterocycles. The zero-order valence-corrected chi connectivity index (χ0v) is 12.5. The number of aliphatic hydroxyl groups is 1. The monoisotopic (exact) mass is 402 g/mol. The Balaban J connectivity index is 0. The van der Waals surface area contributed by atoms with E-state index in [1.807, 2.05) is 0 Å². The van der Waals surface area contributed by atoms with Crippen molar-refractivity contribution in [3.63, 3.8) is 0 Å². The summed E-state index contributed by atoms with van der Waals surface area (Å²) in [6.07, 6.45) is -19.3. The van der Waals surface area contributed by atoms with Crippen LogP contribution in [0.15, 0.2) is 0 Å². The van der Waals surface area contributed by atoms with Crippen molar-refractivity contribution >= 4 is 5.97 Å². The molecule has 0 bridgehead atoms. The number of carbonyl (C=O) groups is 1. The fourth-order valence-electron chi connectivity index (χ4n) is 0.686. The lowest BCUT2D eigenvalue weighted by Gasteiger charge is -2.25. The number of rotatable bonds is 5. The van der Waals surface area contributed by atoms with E-state index in [1.165, 1.54) is 6.92 Å².